The third-order valence-electron chi connectivity index (χ3n) is 4.37. The zero-order chi connectivity index (χ0) is 20.2. The summed E-state index contributed by atoms with van der Waals surface area (Å²) in [6.45, 7) is 1.79. The fraction of sp³-hybridized carbons (Fsp3) is 0.684. The van der Waals surface area contributed by atoms with Crippen LogP contribution in [0.25, 0.3) is 0 Å². The molecule has 1 saturated heterocycles. The quantitative estimate of drug-likeness (QED) is 0.392. The third kappa shape index (κ3) is 8.08. The maximum absolute atomic E-state index is 11.7. The van der Waals surface area contributed by atoms with Gasteiger partial charge in [0.25, 0.3) is 11.8 Å². The van der Waals surface area contributed by atoms with Crippen LogP contribution in [-0.4, -0.2) is 54.6 Å². The fourth-order valence-corrected chi connectivity index (χ4v) is 2.77. The van der Waals surface area contributed by atoms with Crippen LogP contribution in [0.4, 0.5) is 0 Å². The maximum Gasteiger partial charge on any atom is 0.333 e. The molecule has 9 heteroatoms. The number of amides is 3. The Morgan fingerprint density at radius 3 is 2.64 bits per heavy atom. The number of hydrogen-bond donors (Lipinski definition) is 1. The highest BCUT2D eigenvalue weighted by Gasteiger charge is 2.32. The Kier molecular flexibility index (Phi) is 9.47. The monoisotopic (exact) mass is 396 g/mol. The van der Waals surface area contributed by atoms with E-state index in [9.17, 15) is 19.2 Å². The van der Waals surface area contributed by atoms with Crippen molar-refractivity contribution in [3.63, 3.8) is 0 Å². The minimum atomic E-state index is -0.770. The van der Waals surface area contributed by atoms with Crippen LogP contribution in [0.5, 0.6) is 0 Å². The Labute approximate surface area is 164 Å². The van der Waals surface area contributed by atoms with E-state index >= 15 is 0 Å². The molecule has 0 spiro atoms. The Balaban J connectivity index is 1.41. The van der Waals surface area contributed by atoms with Gasteiger partial charge in [0, 0.05) is 32.4 Å². The van der Waals surface area contributed by atoms with Crippen molar-refractivity contribution in [3.8, 4) is 0 Å². The second kappa shape index (κ2) is 12.1. The second-order valence-corrected chi connectivity index (χ2v) is 6.74. The van der Waals surface area contributed by atoms with Crippen LogP contribution in [0.3, 0.4) is 0 Å². The van der Waals surface area contributed by atoms with Crippen molar-refractivity contribution in [2.24, 2.45) is 0 Å². The van der Waals surface area contributed by atoms with E-state index in [4.69, 9.17) is 14.3 Å². The summed E-state index contributed by atoms with van der Waals surface area (Å²) in [5.41, 5.74) is 0. The first-order valence-corrected chi connectivity index (χ1v) is 9.78. The summed E-state index contributed by atoms with van der Waals surface area (Å²) < 4.78 is 11.0. The molecule has 3 amide bonds. The van der Waals surface area contributed by atoms with Crippen LogP contribution >= 0.6 is 0 Å². The summed E-state index contributed by atoms with van der Waals surface area (Å²) in [6.07, 6.45) is 8.40. The lowest BCUT2D eigenvalue weighted by Gasteiger charge is -2.19. The molecular formula is C19H28N2O7. The second-order valence-electron chi connectivity index (χ2n) is 6.74. The molecule has 0 aromatic rings. The van der Waals surface area contributed by atoms with Gasteiger partial charge in [-0.05, 0) is 38.2 Å². The number of nitrogens with zero attached hydrogens (tertiary/aromatic N) is 1. The highest BCUT2D eigenvalue weighted by atomic mass is 16.7. The van der Waals surface area contributed by atoms with Crippen molar-refractivity contribution in [1.29, 1.82) is 0 Å². The van der Waals surface area contributed by atoms with E-state index in [0.717, 1.165) is 32.1 Å². The van der Waals surface area contributed by atoms with Gasteiger partial charge in [0.15, 0.2) is 0 Å². The van der Waals surface area contributed by atoms with Crippen LogP contribution < -0.4 is 5.32 Å². The molecule has 0 saturated carbocycles. The van der Waals surface area contributed by atoms with Crippen molar-refractivity contribution in [2.75, 3.05) is 19.8 Å². The molecule has 2 aliphatic rings. The van der Waals surface area contributed by atoms with Gasteiger partial charge in [0.2, 0.25) is 5.91 Å². The van der Waals surface area contributed by atoms with Crippen molar-refractivity contribution < 1.29 is 33.5 Å². The molecule has 1 fully saturated rings. The largest absolute Gasteiger partial charge is 0.496 e. The van der Waals surface area contributed by atoms with Gasteiger partial charge in [0.1, 0.15) is 6.10 Å². The molecule has 0 aliphatic carbocycles. The zero-order valence-corrected chi connectivity index (χ0v) is 16.0. The molecule has 0 radical (unpaired) electrons. The molecule has 2 rings (SSSR count). The van der Waals surface area contributed by atoms with Crippen molar-refractivity contribution in [3.05, 3.63) is 12.3 Å². The summed E-state index contributed by atoms with van der Waals surface area (Å²) in [5.74, 6) is -2.10. The molecule has 1 N–H and O–H groups in total. The smallest absolute Gasteiger partial charge is 0.333 e. The molecule has 1 atom stereocenters. The van der Waals surface area contributed by atoms with E-state index in [1.165, 1.54) is 0 Å². The number of carbonyl (C=O) groups is 4. The molecule has 1 unspecified atom stereocenters. The molecule has 2 aliphatic heterocycles. The standard InChI is InChI=1S/C19H28N2O7/c22-16(7-10-19(25)28-21-17(23)8-9-18(21)24)20-11-3-1-4-12-26-14-15-6-2-5-13-27-15/h5,13,15H,1-4,6-12,14H2,(H,20,22). The number of unbranched alkanes of at least 4 members (excludes halogenated alkanes) is 2. The summed E-state index contributed by atoms with van der Waals surface area (Å²) in [5, 5.41) is 3.21. The molecule has 28 heavy (non-hydrogen) atoms. The van der Waals surface area contributed by atoms with Gasteiger partial charge in [-0.3, -0.25) is 14.4 Å². The van der Waals surface area contributed by atoms with Crippen LogP contribution in [-0.2, 0) is 33.5 Å². The highest BCUT2D eigenvalue weighted by molar-refractivity contribution is 6.01. The lowest BCUT2D eigenvalue weighted by atomic mass is 10.2. The molecule has 9 nitrogen and oxygen atoms in total. The summed E-state index contributed by atoms with van der Waals surface area (Å²) in [4.78, 5) is 50.7. The number of ether oxygens (including phenoxy) is 2. The summed E-state index contributed by atoms with van der Waals surface area (Å²) in [7, 11) is 0. The van der Waals surface area contributed by atoms with E-state index in [-0.39, 0.29) is 37.7 Å². The first-order valence-electron chi connectivity index (χ1n) is 9.78. The van der Waals surface area contributed by atoms with Gasteiger partial charge in [-0.1, -0.05) is 0 Å². The average molecular weight is 396 g/mol. The average Bonchev–Trinajstić information content (AvgIpc) is 3.01. The third-order valence-corrected chi connectivity index (χ3v) is 4.37. The van der Waals surface area contributed by atoms with E-state index in [1.807, 2.05) is 6.08 Å². The van der Waals surface area contributed by atoms with E-state index in [1.54, 1.807) is 6.26 Å². The number of carbonyl (C=O) groups excluding carboxylic acids is 4. The SMILES string of the molecule is O=C(CCC(=O)ON1C(=O)CCC1=O)NCCCCCOCC1CCC=CO1. The molecular weight excluding hydrogens is 368 g/mol. The predicted molar refractivity (Wildman–Crippen MR) is 97.3 cm³/mol. The van der Waals surface area contributed by atoms with Crippen molar-refractivity contribution in [2.45, 2.75) is 63.9 Å². The lowest BCUT2D eigenvalue weighted by Crippen LogP contribution is -2.32. The molecule has 2 heterocycles. The first-order chi connectivity index (χ1) is 13.6. The van der Waals surface area contributed by atoms with Crippen LogP contribution in [0.1, 0.15) is 57.8 Å². The minimum Gasteiger partial charge on any atom is -0.496 e. The van der Waals surface area contributed by atoms with Gasteiger partial charge in [0.05, 0.1) is 19.3 Å². The number of allylic oxidation sites excluding steroid dienone is 1. The fourth-order valence-electron chi connectivity index (χ4n) is 2.77. The van der Waals surface area contributed by atoms with Crippen LogP contribution in [0.15, 0.2) is 12.3 Å². The summed E-state index contributed by atoms with van der Waals surface area (Å²) >= 11 is 0. The van der Waals surface area contributed by atoms with Gasteiger partial charge in [-0.25, -0.2) is 4.79 Å². The molecule has 156 valence electrons. The first kappa shape index (κ1) is 21.9. The Morgan fingerprint density at radius 2 is 1.93 bits per heavy atom. The number of hydroxylamine groups is 2. The summed E-state index contributed by atoms with van der Waals surface area (Å²) in [6, 6.07) is 0. The Morgan fingerprint density at radius 1 is 1.14 bits per heavy atom. The molecule has 0 aromatic carbocycles. The van der Waals surface area contributed by atoms with E-state index in [0.29, 0.717) is 24.8 Å². The van der Waals surface area contributed by atoms with Gasteiger partial charge in [-0.2, -0.15) is 0 Å². The van der Waals surface area contributed by atoms with Crippen molar-refractivity contribution >= 4 is 23.7 Å². The predicted octanol–water partition coefficient (Wildman–Crippen LogP) is 1.37. The molecule has 0 bridgehead atoms. The highest BCUT2D eigenvalue weighted by Crippen LogP contribution is 2.13. The normalized spacial score (nSPS) is 18.9. The van der Waals surface area contributed by atoms with Gasteiger partial charge >= 0.3 is 5.97 Å². The number of hydrogen-bond acceptors (Lipinski definition) is 7. The number of rotatable bonds is 12. The minimum absolute atomic E-state index is 0.0450. The number of nitrogens with one attached hydrogen (secondary N) is 1. The van der Waals surface area contributed by atoms with Crippen LogP contribution in [0.2, 0.25) is 0 Å². The van der Waals surface area contributed by atoms with Gasteiger partial charge < -0.3 is 19.6 Å². The van der Waals surface area contributed by atoms with Gasteiger partial charge in [-0.15, -0.1) is 5.06 Å². The number of imide groups is 1. The Hall–Kier alpha value is -2.42. The van der Waals surface area contributed by atoms with E-state index in [2.05, 4.69) is 5.32 Å². The lowest BCUT2D eigenvalue weighted by molar-refractivity contribution is -0.197. The zero-order valence-electron chi connectivity index (χ0n) is 16.0. The topological polar surface area (TPSA) is 111 Å². The maximum atomic E-state index is 11.7. The van der Waals surface area contributed by atoms with E-state index < -0.39 is 17.8 Å². The van der Waals surface area contributed by atoms with Crippen LogP contribution in [0, 0.1) is 0 Å². The van der Waals surface area contributed by atoms with Crippen molar-refractivity contribution in [1.82, 2.24) is 10.4 Å². The Bertz CT molecular complexity index is 575. The molecule has 0 aromatic heterocycles.